The van der Waals surface area contributed by atoms with Gasteiger partial charge in [0.2, 0.25) is 5.13 Å². The van der Waals surface area contributed by atoms with Crippen LogP contribution >= 0.6 is 11.3 Å². The van der Waals surface area contributed by atoms with E-state index in [0.717, 1.165) is 28.3 Å². The molecule has 0 atom stereocenters. The van der Waals surface area contributed by atoms with Crippen LogP contribution in [0.1, 0.15) is 35.5 Å². The molecule has 1 aromatic heterocycles. The van der Waals surface area contributed by atoms with Gasteiger partial charge in [0.25, 0.3) is 5.91 Å². The minimum atomic E-state index is -0.515. The lowest BCUT2D eigenvalue weighted by Crippen LogP contribution is -2.13. The number of aryl methyl sites for hydroxylation is 2. The number of carbonyl (C=O) groups excluding carboxylic acids is 1. The van der Waals surface area contributed by atoms with Crippen molar-refractivity contribution < 1.29 is 14.3 Å². The highest BCUT2D eigenvalue weighted by Crippen LogP contribution is 2.20. The average molecular weight is 477 g/mol. The molecule has 0 saturated heterocycles. The van der Waals surface area contributed by atoms with Crippen LogP contribution in [-0.2, 0) is 11.2 Å². The fourth-order valence-corrected chi connectivity index (χ4v) is 4.16. The van der Waals surface area contributed by atoms with Crippen molar-refractivity contribution >= 4 is 28.5 Å². The third-order valence-corrected chi connectivity index (χ3v) is 5.50. The minimum absolute atomic E-state index is 0.0175. The lowest BCUT2D eigenvalue weighted by Gasteiger charge is -2.10. The van der Waals surface area contributed by atoms with Crippen molar-refractivity contribution in [1.82, 2.24) is 10.2 Å². The predicted octanol–water partition coefficient (Wildman–Crippen LogP) is 5.36. The van der Waals surface area contributed by atoms with Crippen molar-refractivity contribution in [3.63, 3.8) is 0 Å². The Bertz CT molecular complexity index is 1170. The highest BCUT2D eigenvalue weighted by atomic mass is 32.1. The van der Waals surface area contributed by atoms with Gasteiger partial charge in [0.15, 0.2) is 0 Å². The summed E-state index contributed by atoms with van der Waals surface area (Å²) in [5.74, 6) is 1.44. The minimum Gasteiger partial charge on any atom is -0.490 e. The van der Waals surface area contributed by atoms with Gasteiger partial charge in [-0.05, 0) is 66.8 Å². The van der Waals surface area contributed by atoms with Crippen molar-refractivity contribution in [2.24, 2.45) is 5.92 Å². The van der Waals surface area contributed by atoms with Gasteiger partial charge in [-0.2, -0.15) is 5.26 Å². The summed E-state index contributed by atoms with van der Waals surface area (Å²) in [5.41, 5.74) is 3.01. The quantitative estimate of drug-likeness (QED) is 0.240. The van der Waals surface area contributed by atoms with E-state index in [-0.39, 0.29) is 5.57 Å². The van der Waals surface area contributed by atoms with E-state index in [1.54, 1.807) is 24.3 Å². The first-order valence-electron chi connectivity index (χ1n) is 11.0. The molecule has 176 valence electrons. The normalized spacial score (nSPS) is 11.2. The van der Waals surface area contributed by atoms with Crippen molar-refractivity contribution in [2.45, 2.75) is 34.1 Å². The summed E-state index contributed by atoms with van der Waals surface area (Å²) < 4.78 is 11.5. The van der Waals surface area contributed by atoms with Gasteiger partial charge in [-0.15, -0.1) is 10.2 Å². The number of hydrogen-bond donors (Lipinski definition) is 1. The van der Waals surface area contributed by atoms with E-state index in [0.29, 0.717) is 35.6 Å². The zero-order valence-electron chi connectivity index (χ0n) is 19.8. The average Bonchev–Trinajstić information content (AvgIpc) is 3.21. The first-order valence-corrected chi connectivity index (χ1v) is 11.8. The van der Waals surface area contributed by atoms with Crippen molar-refractivity contribution in [2.75, 3.05) is 18.5 Å². The monoisotopic (exact) mass is 476 g/mol. The summed E-state index contributed by atoms with van der Waals surface area (Å²) in [7, 11) is 0. The molecule has 0 saturated carbocycles. The SMILES string of the molecule is Cc1cc(C)cc(OCCOc2ccc(/C=C(/C#N)C(=O)Nc3nnc(CC(C)C)s3)cc2)c1. The predicted molar refractivity (Wildman–Crippen MR) is 134 cm³/mol. The van der Waals surface area contributed by atoms with Gasteiger partial charge in [-0.25, -0.2) is 0 Å². The first kappa shape index (κ1) is 24.9. The number of anilines is 1. The number of ether oxygens (including phenoxy) is 2. The van der Waals surface area contributed by atoms with Crippen LogP contribution < -0.4 is 14.8 Å². The molecule has 0 bridgehead atoms. The number of aromatic nitrogens is 2. The van der Waals surface area contributed by atoms with E-state index in [9.17, 15) is 10.1 Å². The Kier molecular flexibility index (Phi) is 8.77. The summed E-state index contributed by atoms with van der Waals surface area (Å²) >= 11 is 1.32. The van der Waals surface area contributed by atoms with Gasteiger partial charge in [-0.3, -0.25) is 10.1 Å². The molecule has 0 radical (unpaired) electrons. The van der Waals surface area contributed by atoms with Gasteiger partial charge in [0.05, 0.1) is 0 Å². The first-order chi connectivity index (χ1) is 16.3. The zero-order valence-corrected chi connectivity index (χ0v) is 20.6. The summed E-state index contributed by atoms with van der Waals surface area (Å²) in [6.07, 6.45) is 2.32. The van der Waals surface area contributed by atoms with Gasteiger partial charge >= 0.3 is 0 Å². The lowest BCUT2D eigenvalue weighted by molar-refractivity contribution is -0.112. The number of nitrogens with one attached hydrogen (secondary N) is 1. The van der Waals surface area contributed by atoms with Crippen molar-refractivity contribution in [3.05, 3.63) is 69.7 Å². The van der Waals surface area contributed by atoms with Crippen LogP contribution in [0.5, 0.6) is 11.5 Å². The van der Waals surface area contributed by atoms with Gasteiger partial charge in [0, 0.05) is 6.42 Å². The van der Waals surface area contributed by atoms with Crippen LogP contribution in [0.4, 0.5) is 5.13 Å². The summed E-state index contributed by atoms with van der Waals surface area (Å²) in [6.45, 7) is 9.07. The Labute approximate surface area is 204 Å². The van der Waals surface area contributed by atoms with Crippen LogP contribution in [0, 0.1) is 31.1 Å². The maximum absolute atomic E-state index is 12.5. The van der Waals surface area contributed by atoms with Crippen LogP contribution in [0.3, 0.4) is 0 Å². The molecule has 0 fully saturated rings. The third-order valence-electron chi connectivity index (χ3n) is 4.64. The van der Waals surface area contributed by atoms with Gasteiger partial charge in [0.1, 0.15) is 41.4 Å². The molecule has 8 heteroatoms. The van der Waals surface area contributed by atoms with Crippen LogP contribution in [-0.4, -0.2) is 29.3 Å². The largest absolute Gasteiger partial charge is 0.490 e. The second-order valence-electron chi connectivity index (χ2n) is 8.31. The maximum Gasteiger partial charge on any atom is 0.268 e. The number of nitriles is 1. The van der Waals surface area contributed by atoms with Gasteiger partial charge < -0.3 is 9.47 Å². The highest BCUT2D eigenvalue weighted by Gasteiger charge is 2.13. The second-order valence-corrected chi connectivity index (χ2v) is 9.37. The smallest absolute Gasteiger partial charge is 0.268 e. The van der Waals surface area contributed by atoms with E-state index in [1.165, 1.54) is 17.4 Å². The topological polar surface area (TPSA) is 97.1 Å². The number of nitrogens with zero attached hydrogens (tertiary/aromatic N) is 3. The van der Waals surface area contributed by atoms with Gasteiger partial charge in [-0.1, -0.05) is 43.4 Å². The number of rotatable bonds is 10. The van der Waals surface area contributed by atoms with Crippen LogP contribution in [0.2, 0.25) is 0 Å². The molecule has 0 unspecified atom stereocenters. The fraction of sp³-hybridized carbons (Fsp3) is 0.308. The van der Waals surface area contributed by atoms with E-state index >= 15 is 0 Å². The molecule has 7 nitrogen and oxygen atoms in total. The van der Waals surface area contributed by atoms with E-state index in [2.05, 4.69) is 35.4 Å². The molecule has 34 heavy (non-hydrogen) atoms. The Hall–Kier alpha value is -3.70. The molecule has 1 heterocycles. The Morgan fingerprint density at radius 1 is 1.06 bits per heavy atom. The zero-order chi connectivity index (χ0) is 24.5. The Morgan fingerprint density at radius 2 is 1.71 bits per heavy atom. The summed E-state index contributed by atoms with van der Waals surface area (Å²) in [5, 5.41) is 21.4. The molecule has 1 N–H and O–H groups in total. The number of benzene rings is 2. The molecular formula is C26H28N4O3S. The summed E-state index contributed by atoms with van der Waals surface area (Å²) in [4.78, 5) is 12.5. The molecule has 0 aliphatic carbocycles. The summed E-state index contributed by atoms with van der Waals surface area (Å²) in [6, 6.07) is 15.2. The van der Waals surface area contributed by atoms with E-state index in [4.69, 9.17) is 9.47 Å². The van der Waals surface area contributed by atoms with Crippen LogP contribution in [0.25, 0.3) is 6.08 Å². The molecule has 0 aliphatic heterocycles. The fourth-order valence-electron chi connectivity index (χ4n) is 3.21. The van der Waals surface area contributed by atoms with E-state index < -0.39 is 5.91 Å². The van der Waals surface area contributed by atoms with Crippen LogP contribution in [0.15, 0.2) is 48.0 Å². The molecular weight excluding hydrogens is 448 g/mol. The molecule has 0 aliphatic rings. The number of hydrogen-bond acceptors (Lipinski definition) is 7. The second kappa shape index (κ2) is 12.0. The molecule has 0 spiro atoms. The molecule has 3 rings (SSSR count). The Morgan fingerprint density at radius 3 is 2.32 bits per heavy atom. The maximum atomic E-state index is 12.5. The highest BCUT2D eigenvalue weighted by molar-refractivity contribution is 7.15. The molecule has 1 amide bonds. The Balaban J connectivity index is 1.52. The number of carbonyl (C=O) groups is 1. The third kappa shape index (κ3) is 7.71. The number of amides is 1. The van der Waals surface area contributed by atoms with E-state index in [1.807, 2.05) is 32.0 Å². The standard InChI is InChI=1S/C26H28N4O3S/c1-17(2)11-24-29-30-26(34-24)28-25(31)21(16-27)15-20-5-7-22(8-6-20)32-9-10-33-23-13-18(3)12-19(4)14-23/h5-8,12-15,17H,9-11H2,1-4H3,(H,28,30,31)/b21-15-. The molecule has 3 aromatic rings. The van der Waals surface area contributed by atoms with Crippen molar-refractivity contribution in [1.29, 1.82) is 5.26 Å². The lowest BCUT2D eigenvalue weighted by atomic mass is 10.1. The van der Waals surface area contributed by atoms with Crippen molar-refractivity contribution in [3.8, 4) is 17.6 Å². The molecule has 2 aromatic carbocycles.